The van der Waals surface area contributed by atoms with Gasteiger partial charge in [0.2, 0.25) is 6.39 Å². The molecule has 2 rings (SSSR count). The molecule has 1 aliphatic rings. The molecule has 1 heterocycles. The van der Waals surface area contributed by atoms with E-state index in [0.717, 1.165) is 12.4 Å². The molecule has 0 aromatic carbocycles. The van der Waals surface area contributed by atoms with E-state index in [9.17, 15) is 0 Å². The molecule has 0 radical (unpaired) electrons. The van der Waals surface area contributed by atoms with E-state index in [1.54, 1.807) is 0 Å². The molecule has 1 saturated carbocycles. The Balaban J connectivity index is 1.73. The van der Waals surface area contributed by atoms with Crippen LogP contribution in [-0.2, 0) is 6.54 Å². The van der Waals surface area contributed by atoms with Gasteiger partial charge in [-0.1, -0.05) is 30.8 Å². The van der Waals surface area contributed by atoms with E-state index in [1.807, 2.05) is 0 Å². The van der Waals surface area contributed by atoms with Crippen molar-refractivity contribution in [3.8, 4) is 0 Å². The van der Waals surface area contributed by atoms with Gasteiger partial charge >= 0.3 is 0 Å². The number of hydrogen-bond acceptors (Lipinski definition) is 4. The number of nitrogens with one attached hydrogen (secondary N) is 1. The average molecular weight is 195 g/mol. The largest absolute Gasteiger partial charge is 0.343 e. The summed E-state index contributed by atoms with van der Waals surface area (Å²) in [7, 11) is 0. The molecule has 0 bridgehead atoms. The summed E-state index contributed by atoms with van der Waals surface area (Å²) in [6.07, 6.45) is 9.44. The average Bonchev–Trinajstić information content (AvgIpc) is 2.58. The molecule has 0 aliphatic heterocycles. The van der Waals surface area contributed by atoms with Crippen molar-refractivity contribution in [2.75, 3.05) is 0 Å². The maximum atomic E-state index is 4.68. The molecular formula is C10H17N3O. The normalized spacial score (nSPS) is 19.4. The maximum Gasteiger partial charge on any atom is 0.213 e. The first kappa shape index (κ1) is 9.65. The Hall–Kier alpha value is -0.900. The Kier molecular flexibility index (Phi) is 3.51. The van der Waals surface area contributed by atoms with Gasteiger partial charge in [0.25, 0.3) is 0 Å². The van der Waals surface area contributed by atoms with E-state index in [4.69, 9.17) is 0 Å². The van der Waals surface area contributed by atoms with Crippen LogP contribution in [0.4, 0.5) is 0 Å². The second-order valence-electron chi connectivity index (χ2n) is 3.92. The highest BCUT2D eigenvalue weighted by atomic mass is 16.5. The Labute approximate surface area is 84.1 Å². The molecule has 1 fully saturated rings. The summed E-state index contributed by atoms with van der Waals surface area (Å²) in [6, 6.07) is 0.649. The molecule has 14 heavy (non-hydrogen) atoms. The molecule has 4 heteroatoms. The smallest absolute Gasteiger partial charge is 0.213 e. The Morgan fingerprint density at radius 1 is 1.29 bits per heavy atom. The molecule has 0 saturated heterocycles. The molecule has 78 valence electrons. The molecule has 4 nitrogen and oxygen atoms in total. The van der Waals surface area contributed by atoms with Crippen LogP contribution in [-0.4, -0.2) is 16.2 Å². The SMILES string of the molecule is c1nc(CNC2CCCCCC2)no1. The molecule has 0 unspecified atom stereocenters. The van der Waals surface area contributed by atoms with E-state index in [-0.39, 0.29) is 0 Å². The zero-order valence-electron chi connectivity index (χ0n) is 8.41. The second-order valence-corrected chi connectivity index (χ2v) is 3.92. The van der Waals surface area contributed by atoms with Gasteiger partial charge in [-0.05, 0) is 12.8 Å². The van der Waals surface area contributed by atoms with E-state index < -0.39 is 0 Å². The molecule has 0 spiro atoms. The van der Waals surface area contributed by atoms with Gasteiger partial charge in [0.1, 0.15) is 0 Å². The van der Waals surface area contributed by atoms with Gasteiger partial charge in [-0.3, -0.25) is 0 Å². The van der Waals surface area contributed by atoms with Gasteiger partial charge in [0.15, 0.2) is 5.82 Å². The Bertz CT molecular complexity index is 240. The van der Waals surface area contributed by atoms with Crippen LogP contribution in [0.3, 0.4) is 0 Å². The van der Waals surface area contributed by atoms with Gasteiger partial charge in [-0.15, -0.1) is 0 Å². The van der Waals surface area contributed by atoms with Crippen molar-refractivity contribution in [3.63, 3.8) is 0 Å². The van der Waals surface area contributed by atoms with Crippen molar-refractivity contribution in [1.82, 2.24) is 15.5 Å². The summed E-state index contributed by atoms with van der Waals surface area (Å²) in [5, 5.41) is 7.25. The predicted octanol–water partition coefficient (Wildman–Crippen LogP) is 1.88. The van der Waals surface area contributed by atoms with Crippen molar-refractivity contribution < 1.29 is 4.52 Å². The summed E-state index contributed by atoms with van der Waals surface area (Å²) in [4.78, 5) is 3.98. The standard InChI is InChI=1S/C10H17N3O/c1-2-4-6-9(5-3-1)11-7-10-12-8-14-13-10/h8-9,11H,1-7H2. The van der Waals surface area contributed by atoms with Crippen LogP contribution >= 0.6 is 0 Å². The number of aromatic nitrogens is 2. The Morgan fingerprint density at radius 2 is 2.07 bits per heavy atom. The maximum absolute atomic E-state index is 4.68. The van der Waals surface area contributed by atoms with Crippen LogP contribution in [0.25, 0.3) is 0 Å². The molecule has 0 amide bonds. The van der Waals surface area contributed by atoms with Crippen LogP contribution in [0, 0.1) is 0 Å². The van der Waals surface area contributed by atoms with E-state index >= 15 is 0 Å². The van der Waals surface area contributed by atoms with Gasteiger partial charge in [-0.2, -0.15) is 4.98 Å². The fourth-order valence-electron chi connectivity index (χ4n) is 1.99. The molecule has 1 N–H and O–H groups in total. The minimum absolute atomic E-state index is 0.649. The van der Waals surface area contributed by atoms with Gasteiger partial charge < -0.3 is 9.84 Å². The topological polar surface area (TPSA) is 51.0 Å². The minimum atomic E-state index is 0.649. The molecule has 1 aromatic rings. The van der Waals surface area contributed by atoms with E-state index in [0.29, 0.717) is 6.04 Å². The summed E-state index contributed by atoms with van der Waals surface area (Å²) < 4.78 is 4.68. The van der Waals surface area contributed by atoms with E-state index in [1.165, 1.54) is 44.9 Å². The first-order valence-electron chi connectivity index (χ1n) is 5.44. The number of hydrogen-bond donors (Lipinski definition) is 1. The van der Waals surface area contributed by atoms with Gasteiger partial charge in [-0.25, -0.2) is 0 Å². The highest BCUT2D eigenvalue weighted by Gasteiger charge is 2.11. The fraction of sp³-hybridized carbons (Fsp3) is 0.800. The zero-order chi connectivity index (χ0) is 9.64. The highest BCUT2D eigenvalue weighted by molar-refractivity contribution is 4.79. The molecule has 1 aromatic heterocycles. The van der Waals surface area contributed by atoms with Crippen LogP contribution in [0.2, 0.25) is 0 Å². The quantitative estimate of drug-likeness (QED) is 0.748. The summed E-state index contributed by atoms with van der Waals surface area (Å²) in [6.45, 7) is 0.737. The third-order valence-electron chi connectivity index (χ3n) is 2.81. The van der Waals surface area contributed by atoms with Gasteiger partial charge in [0, 0.05) is 6.04 Å². The first-order valence-corrected chi connectivity index (χ1v) is 5.44. The van der Waals surface area contributed by atoms with E-state index in [2.05, 4.69) is 20.0 Å². The highest BCUT2D eigenvalue weighted by Crippen LogP contribution is 2.17. The molecule has 1 aliphatic carbocycles. The van der Waals surface area contributed by atoms with Crippen LogP contribution in [0.5, 0.6) is 0 Å². The third kappa shape index (κ3) is 2.80. The van der Waals surface area contributed by atoms with Gasteiger partial charge in [0.05, 0.1) is 6.54 Å². The van der Waals surface area contributed by atoms with Crippen molar-refractivity contribution in [1.29, 1.82) is 0 Å². The van der Waals surface area contributed by atoms with Crippen LogP contribution < -0.4 is 5.32 Å². The lowest BCUT2D eigenvalue weighted by Gasteiger charge is -2.14. The monoisotopic (exact) mass is 195 g/mol. The molecular weight excluding hydrogens is 178 g/mol. The first-order chi connectivity index (χ1) is 6.95. The third-order valence-corrected chi connectivity index (χ3v) is 2.81. The van der Waals surface area contributed by atoms with Crippen molar-refractivity contribution in [2.45, 2.75) is 51.1 Å². The van der Waals surface area contributed by atoms with Crippen LogP contribution in [0.1, 0.15) is 44.3 Å². The summed E-state index contributed by atoms with van der Waals surface area (Å²) in [5.41, 5.74) is 0. The Morgan fingerprint density at radius 3 is 2.71 bits per heavy atom. The number of rotatable bonds is 3. The number of nitrogens with zero attached hydrogens (tertiary/aromatic N) is 2. The van der Waals surface area contributed by atoms with Crippen molar-refractivity contribution in [3.05, 3.63) is 12.2 Å². The van der Waals surface area contributed by atoms with Crippen molar-refractivity contribution >= 4 is 0 Å². The second kappa shape index (κ2) is 5.10. The summed E-state index contributed by atoms with van der Waals surface area (Å²) >= 11 is 0. The summed E-state index contributed by atoms with van der Waals surface area (Å²) in [5.74, 6) is 0.759. The lowest BCUT2D eigenvalue weighted by atomic mass is 10.1. The predicted molar refractivity (Wildman–Crippen MR) is 52.6 cm³/mol. The molecule has 0 atom stereocenters. The van der Waals surface area contributed by atoms with Crippen molar-refractivity contribution in [2.24, 2.45) is 0 Å². The lowest BCUT2D eigenvalue weighted by Crippen LogP contribution is -2.28. The van der Waals surface area contributed by atoms with Crippen LogP contribution in [0.15, 0.2) is 10.9 Å². The zero-order valence-corrected chi connectivity index (χ0v) is 8.41. The fourth-order valence-corrected chi connectivity index (χ4v) is 1.99. The minimum Gasteiger partial charge on any atom is -0.343 e. The lowest BCUT2D eigenvalue weighted by molar-refractivity contribution is 0.398.